The predicted octanol–water partition coefficient (Wildman–Crippen LogP) is 1.06. The van der Waals surface area contributed by atoms with Crippen LogP contribution in [0.25, 0.3) is 0 Å². The van der Waals surface area contributed by atoms with Crippen LogP contribution in [0.5, 0.6) is 0 Å². The minimum atomic E-state index is -0.455. The number of hydrogen-bond acceptors (Lipinski definition) is 2. The summed E-state index contributed by atoms with van der Waals surface area (Å²) >= 11 is 0. The molecule has 0 unspecified atom stereocenters. The maximum atomic E-state index is 13.1. The lowest BCUT2D eigenvalue weighted by Crippen LogP contribution is -1.93. The molecule has 0 aliphatic heterocycles. The Morgan fingerprint density at radius 3 is 2.85 bits per heavy atom. The highest BCUT2D eigenvalue weighted by Gasteiger charge is 2.02. The highest BCUT2D eigenvalue weighted by Crippen LogP contribution is 2.15. The molecule has 3 N–H and O–H groups in total. The third kappa shape index (κ3) is 2.20. The molecule has 1 rings (SSSR count). The first kappa shape index (κ1) is 9.56. The van der Waals surface area contributed by atoms with Crippen molar-refractivity contribution < 1.29 is 9.50 Å². The summed E-state index contributed by atoms with van der Waals surface area (Å²) in [5.41, 5.74) is 6.94. The van der Waals surface area contributed by atoms with E-state index in [1.54, 1.807) is 13.0 Å². The first-order valence-corrected chi connectivity index (χ1v) is 3.80. The average molecular weight is 179 g/mol. The molecule has 0 bridgehead atoms. The highest BCUT2D eigenvalue weighted by atomic mass is 19.1. The van der Waals surface area contributed by atoms with Gasteiger partial charge in [0, 0.05) is 5.69 Å². The number of benzene rings is 1. The lowest BCUT2D eigenvalue weighted by atomic mass is 10.1. The van der Waals surface area contributed by atoms with Crippen molar-refractivity contribution in [2.45, 2.75) is 6.92 Å². The Morgan fingerprint density at radius 1 is 1.54 bits per heavy atom. The number of halogens is 1. The van der Waals surface area contributed by atoms with Gasteiger partial charge in [-0.05, 0) is 24.6 Å². The Labute approximate surface area is 76.2 Å². The second-order valence-corrected chi connectivity index (χ2v) is 2.65. The molecule has 0 saturated carbocycles. The van der Waals surface area contributed by atoms with Gasteiger partial charge >= 0.3 is 0 Å². The Morgan fingerprint density at radius 2 is 2.23 bits per heavy atom. The molecule has 0 fully saturated rings. The first-order valence-electron chi connectivity index (χ1n) is 3.80. The van der Waals surface area contributed by atoms with E-state index in [-0.39, 0.29) is 12.2 Å². The molecule has 0 heterocycles. The second-order valence-electron chi connectivity index (χ2n) is 2.65. The van der Waals surface area contributed by atoms with E-state index < -0.39 is 5.82 Å². The fraction of sp³-hybridized carbons (Fsp3) is 0.200. The summed E-state index contributed by atoms with van der Waals surface area (Å²) in [6.07, 6.45) is 0. The summed E-state index contributed by atoms with van der Waals surface area (Å²) < 4.78 is 13.1. The van der Waals surface area contributed by atoms with Crippen LogP contribution in [-0.4, -0.2) is 11.7 Å². The summed E-state index contributed by atoms with van der Waals surface area (Å²) in [6.45, 7) is 1.50. The molecule has 0 radical (unpaired) electrons. The number of rotatable bonds is 0. The summed E-state index contributed by atoms with van der Waals surface area (Å²) in [4.78, 5) is 0. The lowest BCUT2D eigenvalue weighted by molar-refractivity contribution is 0.350. The summed E-state index contributed by atoms with van der Waals surface area (Å²) in [7, 11) is 0. The van der Waals surface area contributed by atoms with Gasteiger partial charge in [-0.15, -0.1) is 0 Å². The molecule has 2 nitrogen and oxygen atoms in total. The maximum Gasteiger partial charge on any atom is 0.140 e. The van der Waals surface area contributed by atoms with Gasteiger partial charge in [0.15, 0.2) is 0 Å². The molecular formula is C10H10FNO. The molecule has 0 amide bonds. The molecule has 68 valence electrons. The molecule has 0 aliphatic rings. The van der Waals surface area contributed by atoms with Crippen LogP contribution in [0.15, 0.2) is 12.1 Å². The van der Waals surface area contributed by atoms with Crippen LogP contribution < -0.4 is 5.73 Å². The molecule has 1 aromatic carbocycles. The summed E-state index contributed by atoms with van der Waals surface area (Å²) in [6, 6.07) is 2.80. The van der Waals surface area contributed by atoms with Gasteiger partial charge < -0.3 is 10.8 Å². The van der Waals surface area contributed by atoms with E-state index in [1.165, 1.54) is 6.07 Å². The Bertz CT molecular complexity index is 376. The van der Waals surface area contributed by atoms with Crippen molar-refractivity contribution in [3.8, 4) is 11.8 Å². The normalized spacial score (nSPS) is 9.15. The molecule has 0 spiro atoms. The minimum Gasteiger partial charge on any atom is -0.398 e. The molecule has 1 aromatic rings. The molecule has 3 heteroatoms. The van der Waals surface area contributed by atoms with Crippen LogP contribution in [-0.2, 0) is 0 Å². The van der Waals surface area contributed by atoms with E-state index in [0.29, 0.717) is 5.69 Å². The molecule has 0 aliphatic carbocycles. The molecule has 0 aromatic heterocycles. The zero-order valence-corrected chi connectivity index (χ0v) is 7.26. The minimum absolute atomic E-state index is 0.265. The highest BCUT2D eigenvalue weighted by molar-refractivity contribution is 5.52. The van der Waals surface area contributed by atoms with E-state index in [0.717, 1.165) is 5.56 Å². The smallest absolute Gasteiger partial charge is 0.140 e. The van der Waals surface area contributed by atoms with Crippen LogP contribution in [0.2, 0.25) is 0 Å². The first-order chi connectivity index (χ1) is 6.15. The molecule has 13 heavy (non-hydrogen) atoms. The van der Waals surface area contributed by atoms with Gasteiger partial charge in [0.1, 0.15) is 12.4 Å². The van der Waals surface area contributed by atoms with Crippen molar-refractivity contribution in [1.29, 1.82) is 0 Å². The van der Waals surface area contributed by atoms with Crippen LogP contribution in [0.1, 0.15) is 11.1 Å². The van der Waals surface area contributed by atoms with Gasteiger partial charge in [-0.3, -0.25) is 0 Å². The van der Waals surface area contributed by atoms with E-state index in [1.807, 2.05) is 0 Å². The van der Waals surface area contributed by atoms with Crippen LogP contribution >= 0.6 is 0 Å². The fourth-order valence-corrected chi connectivity index (χ4v) is 0.927. The van der Waals surface area contributed by atoms with E-state index >= 15 is 0 Å². The fourth-order valence-electron chi connectivity index (χ4n) is 0.927. The van der Waals surface area contributed by atoms with Crippen LogP contribution in [0.4, 0.5) is 10.1 Å². The Hall–Kier alpha value is -1.53. The number of nitrogens with two attached hydrogens (primary N) is 1. The van der Waals surface area contributed by atoms with Gasteiger partial charge in [0.25, 0.3) is 0 Å². The van der Waals surface area contributed by atoms with Crippen LogP contribution in [0, 0.1) is 24.6 Å². The number of aryl methyl sites for hydroxylation is 1. The summed E-state index contributed by atoms with van der Waals surface area (Å²) in [5, 5.41) is 8.42. The zero-order valence-electron chi connectivity index (χ0n) is 7.26. The van der Waals surface area contributed by atoms with Crippen LogP contribution in [0.3, 0.4) is 0 Å². The number of hydrogen-bond donors (Lipinski definition) is 2. The maximum absolute atomic E-state index is 13.1. The molecular weight excluding hydrogens is 169 g/mol. The largest absolute Gasteiger partial charge is 0.398 e. The topological polar surface area (TPSA) is 46.2 Å². The van der Waals surface area contributed by atoms with E-state index in [2.05, 4.69) is 11.8 Å². The summed E-state index contributed by atoms with van der Waals surface area (Å²) in [5.74, 6) is 4.42. The monoisotopic (exact) mass is 179 g/mol. The standard InChI is InChI=1S/C10H10FNO/c1-7-5-8(3-2-4-13)9(11)6-10(7)12/h5-6,13H,4,12H2,1H3. The molecule has 0 atom stereocenters. The Balaban J connectivity index is 3.16. The zero-order chi connectivity index (χ0) is 9.84. The van der Waals surface area contributed by atoms with E-state index in [4.69, 9.17) is 10.8 Å². The van der Waals surface area contributed by atoms with Gasteiger partial charge in [-0.25, -0.2) is 4.39 Å². The second kappa shape index (κ2) is 3.92. The average Bonchev–Trinajstić information content (AvgIpc) is 2.09. The number of nitrogen functional groups attached to an aromatic ring is 1. The van der Waals surface area contributed by atoms with Gasteiger partial charge in [0.05, 0.1) is 5.56 Å². The Kier molecular flexibility index (Phi) is 2.88. The van der Waals surface area contributed by atoms with Crippen molar-refractivity contribution in [2.24, 2.45) is 0 Å². The van der Waals surface area contributed by atoms with Gasteiger partial charge in [0.2, 0.25) is 0 Å². The molecule has 0 saturated heterocycles. The van der Waals surface area contributed by atoms with Crippen molar-refractivity contribution in [3.05, 3.63) is 29.1 Å². The SMILES string of the molecule is Cc1cc(C#CCO)c(F)cc1N. The van der Waals surface area contributed by atoms with Gasteiger partial charge in [-0.2, -0.15) is 0 Å². The number of anilines is 1. The third-order valence-electron chi connectivity index (χ3n) is 1.66. The van der Waals surface area contributed by atoms with Crippen molar-refractivity contribution in [2.75, 3.05) is 12.3 Å². The quantitative estimate of drug-likeness (QED) is 0.462. The predicted molar refractivity (Wildman–Crippen MR) is 49.5 cm³/mol. The number of aliphatic hydroxyl groups is 1. The number of aliphatic hydroxyl groups excluding tert-OH is 1. The van der Waals surface area contributed by atoms with E-state index in [9.17, 15) is 4.39 Å². The van der Waals surface area contributed by atoms with Crippen molar-refractivity contribution >= 4 is 5.69 Å². The van der Waals surface area contributed by atoms with Crippen molar-refractivity contribution in [3.63, 3.8) is 0 Å². The third-order valence-corrected chi connectivity index (χ3v) is 1.66. The lowest BCUT2D eigenvalue weighted by Gasteiger charge is -2.01. The van der Waals surface area contributed by atoms with Crippen molar-refractivity contribution in [1.82, 2.24) is 0 Å². The van der Waals surface area contributed by atoms with Gasteiger partial charge in [-0.1, -0.05) is 11.8 Å².